The lowest BCUT2D eigenvalue weighted by Gasteiger charge is -2.06. The van der Waals surface area contributed by atoms with E-state index >= 15 is 0 Å². The summed E-state index contributed by atoms with van der Waals surface area (Å²) in [4.78, 5) is 11.2. The molecule has 0 radical (unpaired) electrons. The van der Waals surface area contributed by atoms with Gasteiger partial charge in [-0.1, -0.05) is 19.9 Å². The molecular formula is C12H17NO3S. The van der Waals surface area contributed by atoms with Crippen LogP contribution in [0.2, 0.25) is 0 Å². The maximum Gasteiger partial charge on any atom is 0.283 e. The van der Waals surface area contributed by atoms with Gasteiger partial charge in [-0.2, -0.15) is 0 Å². The van der Waals surface area contributed by atoms with Gasteiger partial charge >= 0.3 is 0 Å². The molecule has 0 atom stereocenters. The molecule has 4 nitrogen and oxygen atoms in total. The van der Waals surface area contributed by atoms with Crippen LogP contribution in [0.25, 0.3) is 0 Å². The summed E-state index contributed by atoms with van der Waals surface area (Å²) in [7, 11) is 0. The van der Waals surface area contributed by atoms with E-state index in [1.54, 1.807) is 12.1 Å². The number of aliphatic hydroxyl groups is 1. The van der Waals surface area contributed by atoms with Crippen LogP contribution in [-0.4, -0.2) is 15.8 Å². The van der Waals surface area contributed by atoms with E-state index in [4.69, 9.17) is 5.11 Å². The monoisotopic (exact) mass is 255 g/mol. The Morgan fingerprint density at radius 3 is 2.71 bits per heavy atom. The molecule has 1 aromatic carbocycles. The fourth-order valence-corrected chi connectivity index (χ4v) is 2.59. The van der Waals surface area contributed by atoms with E-state index in [-0.39, 0.29) is 12.3 Å². The topological polar surface area (TPSA) is 63.4 Å². The first-order valence-corrected chi connectivity index (χ1v) is 6.54. The minimum absolute atomic E-state index is 0.0882. The summed E-state index contributed by atoms with van der Waals surface area (Å²) in [6, 6.07) is 4.89. The van der Waals surface area contributed by atoms with Crippen molar-refractivity contribution in [3.05, 3.63) is 33.9 Å². The molecule has 94 valence electrons. The minimum atomic E-state index is -0.392. The molecule has 17 heavy (non-hydrogen) atoms. The molecule has 0 fully saturated rings. The molecule has 0 saturated carbocycles. The lowest BCUT2D eigenvalue weighted by molar-refractivity contribution is -0.387. The molecule has 0 spiro atoms. The second-order valence-electron chi connectivity index (χ2n) is 4.25. The Labute approximate surface area is 105 Å². The SMILES string of the molecule is CC(C)CCSc1ccc(CO)cc1[N+](=O)[O-]. The van der Waals surface area contributed by atoms with Gasteiger partial charge < -0.3 is 5.11 Å². The van der Waals surface area contributed by atoms with Crippen LogP contribution in [0.1, 0.15) is 25.8 Å². The maximum absolute atomic E-state index is 10.9. The third kappa shape index (κ3) is 4.36. The smallest absolute Gasteiger partial charge is 0.283 e. The second kappa shape index (κ2) is 6.61. The van der Waals surface area contributed by atoms with Gasteiger partial charge in [0.05, 0.1) is 16.4 Å². The van der Waals surface area contributed by atoms with Gasteiger partial charge in [-0.05, 0) is 29.7 Å². The van der Waals surface area contributed by atoms with Crippen molar-refractivity contribution in [2.75, 3.05) is 5.75 Å². The Morgan fingerprint density at radius 1 is 1.47 bits per heavy atom. The van der Waals surface area contributed by atoms with E-state index < -0.39 is 4.92 Å². The van der Waals surface area contributed by atoms with Crippen molar-refractivity contribution < 1.29 is 10.0 Å². The number of hydrogen-bond donors (Lipinski definition) is 1. The summed E-state index contributed by atoms with van der Waals surface area (Å²) in [5.41, 5.74) is 0.662. The van der Waals surface area contributed by atoms with E-state index in [9.17, 15) is 10.1 Å². The van der Waals surface area contributed by atoms with Gasteiger partial charge in [0.1, 0.15) is 0 Å². The van der Waals surface area contributed by atoms with E-state index in [0.717, 1.165) is 12.2 Å². The largest absolute Gasteiger partial charge is 0.392 e. The number of benzene rings is 1. The van der Waals surface area contributed by atoms with Crippen LogP contribution in [0, 0.1) is 16.0 Å². The average Bonchev–Trinajstić information content (AvgIpc) is 2.28. The summed E-state index contributed by atoms with van der Waals surface area (Å²) < 4.78 is 0. The number of nitrogens with zero attached hydrogens (tertiary/aromatic N) is 1. The van der Waals surface area contributed by atoms with E-state index in [1.165, 1.54) is 17.8 Å². The molecule has 0 amide bonds. The molecule has 5 heteroatoms. The predicted octanol–water partition coefficient (Wildman–Crippen LogP) is 3.23. The Balaban J connectivity index is 2.80. The van der Waals surface area contributed by atoms with Gasteiger partial charge in [-0.15, -0.1) is 11.8 Å². The molecular weight excluding hydrogens is 238 g/mol. The Hall–Kier alpha value is -1.07. The van der Waals surface area contributed by atoms with Crippen molar-refractivity contribution >= 4 is 17.4 Å². The van der Waals surface area contributed by atoms with Crippen molar-refractivity contribution in [1.82, 2.24) is 0 Å². The van der Waals surface area contributed by atoms with Crippen LogP contribution in [0.4, 0.5) is 5.69 Å². The fraction of sp³-hybridized carbons (Fsp3) is 0.500. The molecule has 0 heterocycles. The normalized spacial score (nSPS) is 10.8. The summed E-state index contributed by atoms with van der Waals surface area (Å²) >= 11 is 1.50. The van der Waals surface area contributed by atoms with Crippen molar-refractivity contribution in [3.63, 3.8) is 0 Å². The fourth-order valence-electron chi connectivity index (χ4n) is 1.33. The van der Waals surface area contributed by atoms with Gasteiger partial charge in [0.2, 0.25) is 0 Å². The highest BCUT2D eigenvalue weighted by Crippen LogP contribution is 2.31. The maximum atomic E-state index is 10.9. The summed E-state index contributed by atoms with van der Waals surface area (Å²) in [5.74, 6) is 1.47. The lowest BCUT2D eigenvalue weighted by Crippen LogP contribution is -1.95. The first kappa shape index (κ1) is 14.0. The zero-order valence-electron chi connectivity index (χ0n) is 10.0. The van der Waals surface area contributed by atoms with Crippen LogP contribution >= 0.6 is 11.8 Å². The van der Waals surface area contributed by atoms with Gasteiger partial charge in [0.25, 0.3) is 5.69 Å². The van der Waals surface area contributed by atoms with Crippen molar-refractivity contribution in [2.24, 2.45) is 5.92 Å². The van der Waals surface area contributed by atoms with Crippen LogP contribution in [0.3, 0.4) is 0 Å². The third-order valence-electron chi connectivity index (χ3n) is 2.36. The van der Waals surface area contributed by atoms with Crippen molar-refractivity contribution in [2.45, 2.75) is 31.8 Å². The molecule has 0 unspecified atom stereocenters. The summed E-state index contributed by atoms with van der Waals surface area (Å²) in [5, 5.41) is 19.9. The van der Waals surface area contributed by atoms with Crippen LogP contribution in [0.15, 0.2) is 23.1 Å². The second-order valence-corrected chi connectivity index (χ2v) is 5.39. The van der Waals surface area contributed by atoms with Gasteiger partial charge in [0, 0.05) is 6.07 Å². The van der Waals surface area contributed by atoms with E-state index in [0.29, 0.717) is 16.4 Å². The Morgan fingerprint density at radius 2 is 2.18 bits per heavy atom. The number of nitro benzene ring substituents is 1. The minimum Gasteiger partial charge on any atom is -0.392 e. The highest BCUT2D eigenvalue weighted by molar-refractivity contribution is 7.99. The Kier molecular flexibility index (Phi) is 5.44. The molecule has 0 aromatic heterocycles. The van der Waals surface area contributed by atoms with Crippen LogP contribution in [0.5, 0.6) is 0 Å². The molecule has 0 aliphatic carbocycles. The molecule has 1 aromatic rings. The molecule has 1 N–H and O–H groups in total. The molecule has 0 saturated heterocycles. The van der Waals surface area contributed by atoms with Crippen molar-refractivity contribution in [1.29, 1.82) is 0 Å². The summed E-state index contributed by atoms with van der Waals surface area (Å²) in [6.07, 6.45) is 1.03. The van der Waals surface area contributed by atoms with E-state index in [2.05, 4.69) is 13.8 Å². The number of aliphatic hydroxyl groups excluding tert-OH is 1. The standard InChI is InChI=1S/C12H17NO3S/c1-9(2)5-6-17-12-4-3-10(8-14)7-11(12)13(15)16/h3-4,7,9,14H,5-6,8H2,1-2H3. The number of thioether (sulfide) groups is 1. The molecule has 0 aliphatic rings. The Bertz CT molecular complexity index is 393. The lowest BCUT2D eigenvalue weighted by atomic mass is 10.2. The summed E-state index contributed by atoms with van der Waals surface area (Å²) in [6.45, 7) is 4.09. The molecule has 0 aliphatic heterocycles. The number of nitro groups is 1. The molecule has 1 rings (SSSR count). The van der Waals surface area contributed by atoms with Gasteiger partial charge in [-0.3, -0.25) is 10.1 Å². The third-order valence-corrected chi connectivity index (χ3v) is 3.45. The number of rotatable bonds is 6. The average molecular weight is 255 g/mol. The van der Waals surface area contributed by atoms with E-state index in [1.807, 2.05) is 0 Å². The van der Waals surface area contributed by atoms with Crippen LogP contribution < -0.4 is 0 Å². The predicted molar refractivity (Wildman–Crippen MR) is 69.2 cm³/mol. The quantitative estimate of drug-likeness (QED) is 0.481. The number of hydrogen-bond acceptors (Lipinski definition) is 4. The highest BCUT2D eigenvalue weighted by Gasteiger charge is 2.14. The van der Waals surface area contributed by atoms with Crippen molar-refractivity contribution in [3.8, 4) is 0 Å². The molecule has 0 bridgehead atoms. The zero-order valence-corrected chi connectivity index (χ0v) is 10.9. The van der Waals surface area contributed by atoms with Crippen LogP contribution in [-0.2, 0) is 6.61 Å². The zero-order chi connectivity index (χ0) is 12.8. The van der Waals surface area contributed by atoms with Gasteiger partial charge in [-0.25, -0.2) is 0 Å². The first-order chi connectivity index (χ1) is 8.04. The first-order valence-electron chi connectivity index (χ1n) is 5.55. The van der Waals surface area contributed by atoms with Gasteiger partial charge in [0.15, 0.2) is 0 Å². The highest BCUT2D eigenvalue weighted by atomic mass is 32.2.